The van der Waals surface area contributed by atoms with Crippen LogP contribution in [0.15, 0.2) is 71.7 Å². The number of nitrogens with zero attached hydrogens (tertiary/aromatic N) is 4. The van der Waals surface area contributed by atoms with E-state index in [1.807, 2.05) is 35.2 Å². The van der Waals surface area contributed by atoms with Gasteiger partial charge in [0.25, 0.3) is 0 Å². The van der Waals surface area contributed by atoms with E-state index in [9.17, 15) is 0 Å². The van der Waals surface area contributed by atoms with Crippen molar-refractivity contribution in [3.8, 4) is 0 Å². The minimum absolute atomic E-state index is 0.0334. The first kappa shape index (κ1) is 14.7. The van der Waals surface area contributed by atoms with E-state index in [1.54, 1.807) is 6.33 Å². The molecule has 1 aliphatic rings. The molecule has 2 aromatic carbocycles. The average Bonchev–Trinajstić information content (AvgIpc) is 3.08. The van der Waals surface area contributed by atoms with Crippen molar-refractivity contribution in [3.05, 3.63) is 72.2 Å². The lowest BCUT2D eigenvalue weighted by molar-refractivity contribution is 0.641. The lowest BCUT2D eigenvalue weighted by atomic mass is 9.84. The van der Waals surface area contributed by atoms with E-state index in [0.29, 0.717) is 0 Å². The minimum atomic E-state index is -0.0334. The first-order valence-electron chi connectivity index (χ1n) is 8.09. The van der Waals surface area contributed by atoms with Crippen molar-refractivity contribution in [1.82, 2.24) is 9.66 Å². The number of aromatic nitrogens is 2. The largest absolute Gasteiger partial charge is 0.347 e. The molecule has 0 saturated heterocycles. The second kappa shape index (κ2) is 5.34. The first-order chi connectivity index (χ1) is 11.6. The molecule has 0 fully saturated rings. The summed E-state index contributed by atoms with van der Waals surface area (Å²) in [4.78, 5) is 6.61. The number of hydrogen-bond donors (Lipinski definition) is 0. The molecule has 2 heterocycles. The van der Waals surface area contributed by atoms with Gasteiger partial charge >= 0.3 is 0 Å². The summed E-state index contributed by atoms with van der Waals surface area (Å²) in [6, 6.07) is 16.5. The Hall–Kier alpha value is -2.88. The van der Waals surface area contributed by atoms with Crippen molar-refractivity contribution < 1.29 is 0 Å². The zero-order chi connectivity index (χ0) is 16.7. The van der Waals surface area contributed by atoms with Gasteiger partial charge in [-0.25, -0.2) is 9.66 Å². The molecule has 120 valence electrons. The van der Waals surface area contributed by atoms with E-state index in [0.717, 1.165) is 11.0 Å². The van der Waals surface area contributed by atoms with Crippen LogP contribution in [0.25, 0.3) is 11.0 Å². The summed E-state index contributed by atoms with van der Waals surface area (Å²) >= 11 is 0. The number of allylic oxidation sites excluding steroid dienone is 2. The minimum Gasteiger partial charge on any atom is -0.347 e. The van der Waals surface area contributed by atoms with Gasteiger partial charge in [-0.3, -0.25) is 0 Å². The monoisotopic (exact) mass is 316 g/mol. The summed E-state index contributed by atoms with van der Waals surface area (Å²) in [6.07, 6.45) is 5.69. The normalized spacial score (nSPS) is 18.0. The quantitative estimate of drug-likeness (QED) is 0.665. The Kier molecular flexibility index (Phi) is 3.27. The van der Waals surface area contributed by atoms with Crippen LogP contribution in [0.5, 0.6) is 0 Å². The molecule has 4 heteroatoms. The van der Waals surface area contributed by atoms with Crippen LogP contribution in [0.3, 0.4) is 0 Å². The lowest BCUT2D eigenvalue weighted by Crippen LogP contribution is -2.23. The molecular formula is C20H20N4. The first-order valence-corrected chi connectivity index (χ1v) is 8.09. The van der Waals surface area contributed by atoms with Gasteiger partial charge in [-0.15, -0.1) is 0 Å². The van der Waals surface area contributed by atoms with Crippen LogP contribution >= 0.6 is 0 Å². The summed E-state index contributed by atoms with van der Waals surface area (Å²) in [7, 11) is 2.11. The molecule has 0 bridgehead atoms. The van der Waals surface area contributed by atoms with Gasteiger partial charge in [0, 0.05) is 30.1 Å². The third-order valence-electron chi connectivity index (χ3n) is 4.80. The molecule has 1 aliphatic heterocycles. The zero-order valence-corrected chi connectivity index (χ0v) is 14.1. The highest BCUT2D eigenvalue weighted by atomic mass is 15.4. The molecule has 0 radical (unpaired) electrons. The molecule has 0 unspecified atom stereocenters. The Labute approximate surface area is 141 Å². The summed E-state index contributed by atoms with van der Waals surface area (Å²) in [5.41, 5.74) is 5.77. The highest BCUT2D eigenvalue weighted by molar-refractivity contribution is 5.80. The molecule has 0 saturated carbocycles. The molecular weight excluding hydrogens is 296 g/mol. The molecule has 0 aliphatic carbocycles. The number of fused-ring (bicyclic) bond motifs is 2. The fourth-order valence-corrected chi connectivity index (χ4v) is 3.52. The summed E-state index contributed by atoms with van der Waals surface area (Å²) in [6.45, 7) is 4.50. The Morgan fingerprint density at radius 1 is 1.04 bits per heavy atom. The van der Waals surface area contributed by atoms with E-state index in [4.69, 9.17) is 0 Å². The molecule has 3 aromatic rings. The maximum Gasteiger partial charge on any atom is 0.118 e. The maximum atomic E-state index is 4.55. The van der Waals surface area contributed by atoms with Gasteiger partial charge < -0.3 is 4.90 Å². The topological polar surface area (TPSA) is 33.4 Å². The van der Waals surface area contributed by atoms with Crippen molar-refractivity contribution in [2.24, 2.45) is 5.10 Å². The van der Waals surface area contributed by atoms with Crippen molar-refractivity contribution in [2.45, 2.75) is 19.3 Å². The molecule has 4 rings (SSSR count). The molecule has 0 atom stereocenters. The zero-order valence-electron chi connectivity index (χ0n) is 14.1. The molecule has 0 spiro atoms. The number of anilines is 1. The van der Waals surface area contributed by atoms with Crippen LogP contribution in [0.2, 0.25) is 0 Å². The van der Waals surface area contributed by atoms with Gasteiger partial charge in [0.2, 0.25) is 0 Å². The maximum absolute atomic E-state index is 4.55. The van der Waals surface area contributed by atoms with E-state index < -0.39 is 0 Å². The summed E-state index contributed by atoms with van der Waals surface area (Å²) < 4.78 is 1.81. The van der Waals surface area contributed by atoms with Gasteiger partial charge in [0.1, 0.15) is 6.33 Å². The van der Waals surface area contributed by atoms with Crippen LogP contribution in [-0.4, -0.2) is 22.9 Å². The van der Waals surface area contributed by atoms with E-state index in [2.05, 4.69) is 66.2 Å². The number of hydrogen-bond acceptors (Lipinski definition) is 3. The third kappa shape index (κ3) is 2.14. The number of para-hydroxylation sites is 3. The third-order valence-corrected chi connectivity index (χ3v) is 4.80. The van der Waals surface area contributed by atoms with Crippen LogP contribution < -0.4 is 4.90 Å². The van der Waals surface area contributed by atoms with Crippen molar-refractivity contribution in [1.29, 1.82) is 0 Å². The second-order valence-electron chi connectivity index (χ2n) is 6.60. The van der Waals surface area contributed by atoms with Gasteiger partial charge in [0.05, 0.1) is 11.0 Å². The van der Waals surface area contributed by atoms with Gasteiger partial charge in [-0.1, -0.05) is 44.2 Å². The SMILES string of the molecule is CN1/C(=C\C=N/n2cnc3ccccc32)C(C)(C)c2ccccc21. The predicted octanol–water partition coefficient (Wildman–Crippen LogP) is 4.18. The van der Waals surface area contributed by atoms with Crippen molar-refractivity contribution in [3.63, 3.8) is 0 Å². The van der Waals surface area contributed by atoms with Crippen molar-refractivity contribution >= 4 is 22.9 Å². The summed E-state index contributed by atoms with van der Waals surface area (Å²) in [5.74, 6) is 0. The van der Waals surface area contributed by atoms with Crippen LogP contribution in [-0.2, 0) is 5.41 Å². The van der Waals surface area contributed by atoms with Gasteiger partial charge in [-0.2, -0.15) is 5.10 Å². The van der Waals surface area contributed by atoms with E-state index in [-0.39, 0.29) is 5.41 Å². The Morgan fingerprint density at radius 2 is 1.79 bits per heavy atom. The van der Waals surface area contributed by atoms with E-state index in [1.165, 1.54) is 16.9 Å². The highest BCUT2D eigenvalue weighted by Crippen LogP contribution is 2.46. The van der Waals surface area contributed by atoms with Crippen molar-refractivity contribution in [2.75, 3.05) is 11.9 Å². The lowest BCUT2D eigenvalue weighted by Gasteiger charge is -2.23. The van der Waals surface area contributed by atoms with E-state index >= 15 is 0 Å². The van der Waals surface area contributed by atoms with Crippen LogP contribution in [0.4, 0.5) is 5.69 Å². The number of likely N-dealkylation sites (N-methyl/N-ethyl adjacent to an activating group) is 1. The molecule has 24 heavy (non-hydrogen) atoms. The summed E-state index contributed by atoms with van der Waals surface area (Å²) in [5, 5.41) is 4.55. The Morgan fingerprint density at radius 3 is 2.62 bits per heavy atom. The van der Waals surface area contributed by atoms with Gasteiger partial charge in [-0.05, 0) is 29.8 Å². The molecule has 0 amide bonds. The standard InChI is InChI=1S/C20H20N4/c1-20(2)15-8-4-6-10-17(15)23(3)19(20)12-13-22-24-14-21-16-9-5-7-11-18(16)24/h4-14H,1-3H3/b19-12-,22-13-. The predicted molar refractivity (Wildman–Crippen MR) is 99.6 cm³/mol. The average molecular weight is 316 g/mol. The van der Waals surface area contributed by atoms with Gasteiger partial charge in [0.15, 0.2) is 0 Å². The van der Waals surface area contributed by atoms with Crippen LogP contribution in [0.1, 0.15) is 19.4 Å². The molecule has 1 aromatic heterocycles. The Bertz CT molecular complexity index is 962. The highest BCUT2D eigenvalue weighted by Gasteiger charge is 2.37. The number of imidazole rings is 1. The second-order valence-corrected chi connectivity index (χ2v) is 6.60. The Balaban J connectivity index is 1.69. The smallest absolute Gasteiger partial charge is 0.118 e. The molecule has 0 N–H and O–H groups in total. The number of rotatable bonds is 2. The fraction of sp³-hybridized carbons (Fsp3) is 0.200. The fourth-order valence-electron chi connectivity index (χ4n) is 3.52. The van der Waals surface area contributed by atoms with Crippen LogP contribution in [0, 0.1) is 0 Å². The number of benzene rings is 2. The molecule has 4 nitrogen and oxygen atoms in total.